The fourth-order valence-electron chi connectivity index (χ4n) is 1.32. The fourth-order valence-corrected chi connectivity index (χ4v) is 1.32. The third kappa shape index (κ3) is 19.6. The van der Waals surface area contributed by atoms with E-state index < -0.39 is 0 Å². The van der Waals surface area contributed by atoms with Crippen molar-refractivity contribution in [3.05, 3.63) is 0 Å². The second kappa shape index (κ2) is 22.3. The smallest absolute Gasteiger partial charge is 1.00 e. The molecule has 110 valence electrons. The van der Waals surface area contributed by atoms with Gasteiger partial charge in [0, 0.05) is 0 Å². The van der Waals surface area contributed by atoms with Gasteiger partial charge < -0.3 is 46.9 Å². The largest absolute Gasteiger partial charge is 2.00 e. The van der Waals surface area contributed by atoms with Crippen molar-refractivity contribution >= 4 is 0 Å². The van der Waals surface area contributed by atoms with Crippen molar-refractivity contribution in [1.29, 1.82) is 0 Å². The third-order valence-electron chi connectivity index (χ3n) is 2.12. The van der Waals surface area contributed by atoms with Crippen molar-refractivity contribution < 1.29 is 45.9 Å². The Hall–Kier alpha value is 1.11. The van der Waals surface area contributed by atoms with Gasteiger partial charge >= 0.3 is 21.1 Å². The quantitative estimate of drug-likeness (QED) is 0.190. The van der Waals surface area contributed by atoms with Gasteiger partial charge in [0.05, 0.1) is 6.17 Å². The predicted octanol–water partition coefficient (Wildman–Crippen LogP) is -6.01. The minimum absolute atomic E-state index is 0. The van der Waals surface area contributed by atoms with Crippen LogP contribution in [0.1, 0.15) is 32.6 Å². The van der Waals surface area contributed by atoms with Crippen LogP contribution < -0.4 is 46.9 Å². The molecule has 4 nitrogen and oxygen atoms in total. The molecule has 0 aliphatic heterocycles. The summed E-state index contributed by atoms with van der Waals surface area (Å²) in [7, 11) is 0. The number of nitrogens with one attached hydrogen (secondary N) is 2. The second-order valence-electron chi connectivity index (χ2n) is 3.53. The van der Waals surface area contributed by atoms with Crippen LogP contribution in [-0.2, 0) is 21.1 Å². The Morgan fingerprint density at radius 2 is 1.35 bits per heavy atom. The maximum absolute atomic E-state index is 5.43. The molecular weight excluding hydrogens is 442 g/mol. The molecule has 0 heterocycles. The Morgan fingerprint density at radius 3 is 1.65 bits per heavy atom. The van der Waals surface area contributed by atoms with Gasteiger partial charge in [0.15, 0.2) is 0 Å². The first-order valence-corrected chi connectivity index (χ1v) is 5.72. The van der Waals surface area contributed by atoms with Crippen molar-refractivity contribution in [1.82, 2.24) is 10.6 Å². The van der Waals surface area contributed by atoms with Gasteiger partial charge in [0.25, 0.3) is 0 Å². The summed E-state index contributed by atoms with van der Waals surface area (Å²) in [6.45, 7) is 5.71. The average molecular weight is 468 g/mol. The molecule has 17 heavy (non-hydrogen) atoms. The molecule has 0 aliphatic carbocycles. The minimum Gasteiger partial charge on any atom is -1.00 e. The number of hydrogen-bond acceptors (Lipinski definition) is 4. The van der Waals surface area contributed by atoms with Gasteiger partial charge in [0.2, 0.25) is 0 Å². The van der Waals surface area contributed by atoms with Gasteiger partial charge in [-0.15, -0.1) is 0 Å². The molecule has 0 atom stereocenters. The topological polar surface area (TPSA) is 76.1 Å². The van der Waals surface area contributed by atoms with Crippen LogP contribution in [-0.4, -0.2) is 32.3 Å². The third-order valence-corrected chi connectivity index (χ3v) is 2.12. The van der Waals surface area contributed by atoms with E-state index in [1.807, 2.05) is 0 Å². The fraction of sp³-hybridized carbons (Fsp3) is 1.00. The number of rotatable bonds is 10. The zero-order valence-corrected chi connectivity index (χ0v) is 14.2. The van der Waals surface area contributed by atoms with Gasteiger partial charge in [0.1, 0.15) is 0 Å². The summed E-state index contributed by atoms with van der Waals surface area (Å²) >= 11 is 0. The molecule has 0 saturated carbocycles. The Labute approximate surface area is 132 Å². The summed E-state index contributed by atoms with van der Waals surface area (Å²) in [6.07, 6.45) is 4.86. The van der Waals surface area contributed by atoms with E-state index >= 15 is 0 Å². The molecule has 0 fully saturated rings. The molecule has 0 saturated heterocycles. The number of hydrogen-bond donors (Lipinski definition) is 4. The van der Waals surface area contributed by atoms with Crippen molar-refractivity contribution in [2.24, 2.45) is 11.5 Å². The van der Waals surface area contributed by atoms with Crippen LogP contribution in [0.3, 0.4) is 0 Å². The van der Waals surface area contributed by atoms with E-state index in [0.717, 1.165) is 45.4 Å². The molecule has 6 N–H and O–H groups in total. The van der Waals surface area contributed by atoms with Crippen molar-refractivity contribution in [3.63, 3.8) is 0 Å². The van der Waals surface area contributed by atoms with Crippen LogP contribution in [0.2, 0.25) is 0 Å². The average Bonchev–Trinajstić information content (AvgIpc) is 2.18. The van der Waals surface area contributed by atoms with E-state index in [1.54, 1.807) is 0 Å². The zero-order chi connectivity index (χ0) is 10.6. The van der Waals surface area contributed by atoms with E-state index in [0.29, 0.717) is 6.17 Å². The Bertz CT molecular complexity index is 112. The normalized spacial score (nSPS) is 9.18. The van der Waals surface area contributed by atoms with Gasteiger partial charge in [-0.1, -0.05) is 13.3 Å². The predicted molar refractivity (Wildman–Crippen MR) is 62.0 cm³/mol. The minimum atomic E-state index is 0. The van der Waals surface area contributed by atoms with Gasteiger partial charge in [-0.05, 0) is 45.4 Å². The molecule has 0 bridgehead atoms. The van der Waals surface area contributed by atoms with E-state index in [4.69, 9.17) is 11.5 Å². The van der Waals surface area contributed by atoms with E-state index in [9.17, 15) is 0 Å². The second-order valence-corrected chi connectivity index (χ2v) is 3.53. The van der Waals surface area contributed by atoms with E-state index in [-0.39, 0.29) is 45.9 Å². The molecule has 0 aromatic heterocycles. The standard InChI is InChI=1S/C10H26N4.2ClH.Pt/c1-2-5-10(13-8-3-6-11)14-9-4-7-12;;;/h10,13-14H,2-9,11-12H2,1H3;2*1H;/q;;;+2/p-2. The number of nitrogens with two attached hydrogens (primary N) is 2. The monoisotopic (exact) mass is 467 g/mol. The van der Waals surface area contributed by atoms with Crippen LogP contribution in [0, 0.1) is 0 Å². The van der Waals surface area contributed by atoms with E-state index in [1.165, 1.54) is 6.42 Å². The Morgan fingerprint density at radius 1 is 0.941 bits per heavy atom. The van der Waals surface area contributed by atoms with Crippen molar-refractivity contribution in [2.75, 3.05) is 26.2 Å². The molecule has 0 amide bonds. The zero-order valence-electron chi connectivity index (χ0n) is 10.5. The molecule has 0 unspecified atom stereocenters. The van der Waals surface area contributed by atoms with Crippen LogP contribution in [0.4, 0.5) is 0 Å². The first-order valence-electron chi connectivity index (χ1n) is 5.72. The van der Waals surface area contributed by atoms with Crippen LogP contribution in [0.25, 0.3) is 0 Å². The van der Waals surface area contributed by atoms with Crippen LogP contribution in [0.15, 0.2) is 0 Å². The number of halogens is 2. The molecule has 0 aromatic rings. The van der Waals surface area contributed by atoms with Crippen molar-refractivity contribution in [2.45, 2.75) is 38.8 Å². The van der Waals surface area contributed by atoms with Gasteiger partial charge in [-0.3, -0.25) is 0 Å². The maximum Gasteiger partial charge on any atom is 2.00 e. The summed E-state index contributed by atoms with van der Waals surface area (Å²) < 4.78 is 0. The van der Waals surface area contributed by atoms with Crippen LogP contribution in [0.5, 0.6) is 0 Å². The first-order chi connectivity index (χ1) is 6.85. The molecule has 0 aromatic carbocycles. The van der Waals surface area contributed by atoms with Gasteiger partial charge in [-0.2, -0.15) is 0 Å². The first kappa shape index (κ1) is 26.6. The Balaban J connectivity index is -0.000000282. The summed E-state index contributed by atoms with van der Waals surface area (Å²) in [5.74, 6) is 0. The van der Waals surface area contributed by atoms with Crippen molar-refractivity contribution in [3.8, 4) is 0 Å². The molecule has 0 aliphatic rings. The molecule has 7 heteroatoms. The summed E-state index contributed by atoms with van der Waals surface area (Å²) in [6, 6.07) is 0. The molecule has 0 radical (unpaired) electrons. The SMILES string of the molecule is CCCC(NCCCN)NCCCN.[Cl-].[Cl-].[Pt+2]. The van der Waals surface area contributed by atoms with E-state index in [2.05, 4.69) is 17.6 Å². The molecule has 0 spiro atoms. The van der Waals surface area contributed by atoms with Gasteiger partial charge in [-0.25, -0.2) is 0 Å². The Kier molecular flexibility index (Phi) is 34.9. The molecular formula is C10H26Cl2N4Pt. The maximum atomic E-state index is 5.43. The molecule has 0 rings (SSSR count). The summed E-state index contributed by atoms with van der Waals surface area (Å²) in [4.78, 5) is 0. The summed E-state index contributed by atoms with van der Waals surface area (Å²) in [5.41, 5.74) is 10.9. The van der Waals surface area contributed by atoms with Crippen LogP contribution >= 0.6 is 0 Å². The summed E-state index contributed by atoms with van der Waals surface area (Å²) in [5, 5.41) is 6.90.